The number of nitrogens with zero attached hydrogens (tertiary/aromatic N) is 1. The van der Waals surface area contributed by atoms with Gasteiger partial charge in [-0.15, -0.1) is 0 Å². The SMILES string of the molecule is COc1cc2c(cc1OC)C13C[C@@H](CO[Si](C(C)C)(C(C)C)C(C)C)OC1[C@H](I)C(=O)N3CC2. The zero-order chi connectivity index (χ0) is 25.0. The van der Waals surface area contributed by atoms with Crippen LogP contribution < -0.4 is 9.47 Å². The second-order valence-corrected chi connectivity index (χ2v) is 17.7. The van der Waals surface area contributed by atoms with E-state index in [1.165, 1.54) is 5.56 Å². The Morgan fingerprint density at radius 2 is 1.68 bits per heavy atom. The fraction of sp³-hybridized carbons (Fsp3) is 0.731. The first-order valence-corrected chi connectivity index (χ1v) is 15.9. The lowest BCUT2D eigenvalue weighted by Gasteiger charge is -2.44. The molecule has 3 aliphatic heterocycles. The number of halogens is 1. The summed E-state index contributed by atoms with van der Waals surface area (Å²) in [4.78, 5) is 15.4. The molecule has 2 fully saturated rings. The van der Waals surface area contributed by atoms with Gasteiger partial charge in [0.25, 0.3) is 0 Å². The van der Waals surface area contributed by atoms with Crippen LogP contribution in [0, 0.1) is 0 Å². The molecule has 190 valence electrons. The third kappa shape index (κ3) is 3.73. The molecule has 3 heterocycles. The highest BCUT2D eigenvalue weighted by atomic mass is 127. The molecular weight excluding hydrogens is 561 g/mol. The topological polar surface area (TPSA) is 57.2 Å². The molecule has 8 heteroatoms. The summed E-state index contributed by atoms with van der Waals surface area (Å²) in [5.41, 5.74) is 3.47. The number of carbonyl (C=O) groups is 1. The van der Waals surface area contributed by atoms with Crippen molar-refractivity contribution in [1.29, 1.82) is 0 Å². The van der Waals surface area contributed by atoms with Gasteiger partial charge >= 0.3 is 0 Å². The van der Waals surface area contributed by atoms with E-state index in [1.807, 2.05) is 0 Å². The number of benzene rings is 1. The van der Waals surface area contributed by atoms with Crippen LogP contribution >= 0.6 is 22.6 Å². The molecule has 6 nitrogen and oxygen atoms in total. The first-order chi connectivity index (χ1) is 16.0. The third-order valence-electron chi connectivity index (χ3n) is 8.50. The van der Waals surface area contributed by atoms with E-state index in [4.69, 9.17) is 18.6 Å². The Labute approximate surface area is 219 Å². The summed E-state index contributed by atoms with van der Waals surface area (Å²) in [7, 11) is 1.33. The van der Waals surface area contributed by atoms with Gasteiger partial charge in [0.15, 0.2) is 19.8 Å². The van der Waals surface area contributed by atoms with E-state index >= 15 is 0 Å². The van der Waals surface area contributed by atoms with Gasteiger partial charge in [-0.2, -0.15) is 0 Å². The molecule has 0 radical (unpaired) electrons. The molecule has 2 saturated heterocycles. The van der Waals surface area contributed by atoms with Gasteiger partial charge in [0.2, 0.25) is 5.91 Å². The van der Waals surface area contributed by atoms with Crippen molar-refractivity contribution < 1.29 is 23.4 Å². The summed E-state index contributed by atoms with van der Waals surface area (Å²) in [6, 6.07) is 4.16. The first-order valence-electron chi connectivity index (χ1n) is 12.5. The number of hydrogen-bond acceptors (Lipinski definition) is 5. The quantitative estimate of drug-likeness (QED) is 0.226. The fourth-order valence-corrected chi connectivity index (χ4v) is 13.8. The van der Waals surface area contributed by atoms with E-state index in [-0.39, 0.29) is 22.0 Å². The number of rotatable bonds is 8. The monoisotopic (exact) mass is 601 g/mol. The standard InChI is InChI=1S/C26H40INO5Si/c1-15(2)34(16(3)4,17(5)6)32-14-19-13-26-20-12-22(31-8)21(30-7)11-18(20)9-10-28(26)25(29)23(27)24(26)33-19/h11-12,15-17,19,23-24H,9-10,13-14H2,1-8H3/t19-,23-,24?,26?/m0/s1. The van der Waals surface area contributed by atoms with Crippen molar-refractivity contribution in [3.63, 3.8) is 0 Å². The maximum atomic E-state index is 13.3. The summed E-state index contributed by atoms with van der Waals surface area (Å²) in [5, 5.41) is 0. The molecule has 1 aromatic carbocycles. The Morgan fingerprint density at radius 1 is 1.09 bits per heavy atom. The molecule has 1 aromatic rings. The smallest absolute Gasteiger partial charge is 0.239 e. The predicted octanol–water partition coefficient (Wildman–Crippen LogP) is 5.45. The Bertz CT molecular complexity index is 916. The van der Waals surface area contributed by atoms with Crippen LogP contribution in [0.15, 0.2) is 12.1 Å². The summed E-state index contributed by atoms with van der Waals surface area (Å²) in [6.45, 7) is 15.2. The van der Waals surface area contributed by atoms with Crippen LogP contribution in [-0.2, 0) is 25.9 Å². The summed E-state index contributed by atoms with van der Waals surface area (Å²) in [6.07, 6.45) is 1.33. The number of carbonyl (C=O) groups excluding carboxylic acids is 1. The van der Waals surface area contributed by atoms with Gasteiger partial charge in [-0.25, -0.2) is 0 Å². The Balaban J connectivity index is 1.70. The highest BCUT2D eigenvalue weighted by Crippen LogP contribution is 2.56. The number of alkyl halides is 1. The predicted molar refractivity (Wildman–Crippen MR) is 145 cm³/mol. The average molecular weight is 602 g/mol. The minimum Gasteiger partial charge on any atom is -0.493 e. The molecule has 0 saturated carbocycles. The number of ether oxygens (including phenoxy) is 3. The molecule has 2 unspecified atom stereocenters. The van der Waals surface area contributed by atoms with Crippen molar-refractivity contribution in [1.82, 2.24) is 4.90 Å². The lowest BCUT2D eigenvalue weighted by Crippen LogP contribution is -2.51. The third-order valence-corrected chi connectivity index (χ3v) is 15.8. The maximum Gasteiger partial charge on any atom is 0.239 e. The Kier molecular flexibility index (Phi) is 7.37. The van der Waals surface area contributed by atoms with Crippen LogP contribution in [0.2, 0.25) is 16.6 Å². The van der Waals surface area contributed by atoms with Gasteiger partial charge < -0.3 is 23.5 Å². The van der Waals surface area contributed by atoms with E-state index in [0.717, 1.165) is 24.2 Å². The van der Waals surface area contributed by atoms with Crippen molar-refractivity contribution in [3.05, 3.63) is 23.3 Å². The number of methoxy groups -OCH3 is 2. The number of fused-ring (bicyclic) bond motifs is 1. The van der Waals surface area contributed by atoms with Crippen molar-refractivity contribution >= 4 is 36.8 Å². The molecule has 1 spiro atoms. The van der Waals surface area contributed by atoms with Crippen LogP contribution in [0.25, 0.3) is 0 Å². The van der Waals surface area contributed by atoms with Gasteiger partial charge in [0, 0.05) is 13.0 Å². The molecule has 0 N–H and O–H groups in total. The zero-order valence-corrected chi connectivity index (χ0v) is 25.0. The van der Waals surface area contributed by atoms with Gasteiger partial charge in [0.05, 0.1) is 32.5 Å². The van der Waals surface area contributed by atoms with Gasteiger partial charge in [0.1, 0.15) is 10.0 Å². The van der Waals surface area contributed by atoms with Crippen molar-refractivity contribution in [3.8, 4) is 11.5 Å². The lowest BCUT2D eigenvalue weighted by atomic mass is 9.77. The molecule has 3 aliphatic rings. The largest absolute Gasteiger partial charge is 0.493 e. The van der Waals surface area contributed by atoms with Crippen molar-refractivity contribution in [2.45, 2.75) is 92.7 Å². The van der Waals surface area contributed by atoms with Gasteiger partial charge in [-0.05, 0) is 46.3 Å². The second-order valence-electron chi connectivity index (χ2n) is 10.9. The summed E-state index contributed by atoms with van der Waals surface area (Å²) >= 11 is 2.29. The molecule has 0 bridgehead atoms. The Hall–Kier alpha value is -0.843. The second kappa shape index (κ2) is 9.56. The van der Waals surface area contributed by atoms with Gasteiger partial charge in [-0.1, -0.05) is 64.1 Å². The minimum atomic E-state index is -2.01. The molecule has 0 aliphatic carbocycles. The molecule has 4 atom stereocenters. The van der Waals surface area contributed by atoms with Gasteiger partial charge in [-0.3, -0.25) is 4.79 Å². The van der Waals surface area contributed by atoms with E-state index in [2.05, 4.69) is 81.2 Å². The molecule has 34 heavy (non-hydrogen) atoms. The van der Waals surface area contributed by atoms with E-state index in [1.54, 1.807) is 14.2 Å². The van der Waals surface area contributed by atoms with Crippen LogP contribution in [0.4, 0.5) is 0 Å². The zero-order valence-electron chi connectivity index (χ0n) is 21.8. The number of hydrogen-bond donors (Lipinski definition) is 0. The van der Waals surface area contributed by atoms with Crippen LogP contribution in [0.5, 0.6) is 11.5 Å². The van der Waals surface area contributed by atoms with E-state index in [0.29, 0.717) is 35.5 Å². The average Bonchev–Trinajstić information content (AvgIpc) is 3.25. The molecular formula is C26H40INO5Si. The molecule has 4 rings (SSSR count). The van der Waals surface area contributed by atoms with E-state index in [9.17, 15) is 4.79 Å². The van der Waals surface area contributed by atoms with Crippen molar-refractivity contribution in [2.24, 2.45) is 0 Å². The highest BCUT2D eigenvalue weighted by molar-refractivity contribution is 14.1. The lowest BCUT2D eigenvalue weighted by molar-refractivity contribution is -0.131. The summed E-state index contributed by atoms with van der Waals surface area (Å²) in [5.74, 6) is 1.62. The van der Waals surface area contributed by atoms with Crippen LogP contribution in [0.3, 0.4) is 0 Å². The van der Waals surface area contributed by atoms with Crippen LogP contribution in [0.1, 0.15) is 59.1 Å². The summed E-state index contributed by atoms with van der Waals surface area (Å²) < 4.78 is 24.7. The molecule has 1 amide bonds. The van der Waals surface area contributed by atoms with Crippen LogP contribution in [-0.4, -0.2) is 62.6 Å². The maximum absolute atomic E-state index is 13.3. The Morgan fingerprint density at radius 3 is 2.24 bits per heavy atom. The number of amides is 1. The normalized spacial score (nSPS) is 28.5. The molecule has 0 aromatic heterocycles. The highest BCUT2D eigenvalue weighted by Gasteiger charge is 2.66. The van der Waals surface area contributed by atoms with E-state index < -0.39 is 13.9 Å². The minimum absolute atomic E-state index is 0.0416. The first kappa shape index (κ1) is 26.2. The van der Waals surface area contributed by atoms with Crippen molar-refractivity contribution in [2.75, 3.05) is 27.4 Å². The fourth-order valence-electron chi connectivity index (χ4n) is 7.20.